The van der Waals surface area contributed by atoms with Crippen molar-refractivity contribution in [3.05, 3.63) is 100 Å². The average Bonchev–Trinajstić information content (AvgIpc) is 2.89. The van der Waals surface area contributed by atoms with Crippen LogP contribution in [0.5, 0.6) is 0 Å². The summed E-state index contributed by atoms with van der Waals surface area (Å²) in [6.07, 6.45) is -2.77. The van der Waals surface area contributed by atoms with Gasteiger partial charge in [0.05, 0.1) is 37.0 Å². The molecule has 7 heteroatoms. The van der Waals surface area contributed by atoms with Crippen LogP contribution in [0.1, 0.15) is 35.1 Å². The Kier molecular flexibility index (Phi) is 7.45. The van der Waals surface area contributed by atoms with Crippen LogP contribution in [0.3, 0.4) is 0 Å². The van der Waals surface area contributed by atoms with Crippen LogP contribution < -0.4 is 0 Å². The first-order valence-electron chi connectivity index (χ1n) is 11.7. The number of ether oxygens (including phenoxy) is 1. The van der Waals surface area contributed by atoms with Crippen LogP contribution in [0.4, 0.5) is 18.9 Å². The van der Waals surface area contributed by atoms with Crippen LogP contribution >= 0.6 is 0 Å². The molecule has 4 rings (SSSR count). The van der Waals surface area contributed by atoms with Crippen molar-refractivity contribution >= 4 is 5.69 Å². The van der Waals surface area contributed by atoms with E-state index in [2.05, 4.69) is 16.8 Å². The lowest BCUT2D eigenvalue weighted by molar-refractivity contribution is -0.137. The molecular weight excluding hydrogens is 463 g/mol. The van der Waals surface area contributed by atoms with Gasteiger partial charge in [0.2, 0.25) is 0 Å². The van der Waals surface area contributed by atoms with Gasteiger partial charge in [0.1, 0.15) is 0 Å². The number of nitriles is 1. The molecule has 0 unspecified atom stereocenters. The highest BCUT2D eigenvalue weighted by atomic mass is 19.4. The number of benzene rings is 3. The van der Waals surface area contributed by atoms with E-state index < -0.39 is 11.7 Å². The highest BCUT2D eigenvalue weighted by molar-refractivity contribution is 5.66. The van der Waals surface area contributed by atoms with E-state index >= 15 is 0 Å². The number of likely N-dealkylation sites (tertiary alicyclic amines) is 1. The minimum Gasteiger partial charge on any atom is -0.376 e. The van der Waals surface area contributed by atoms with Gasteiger partial charge in [-0.3, -0.25) is 0 Å². The SMILES string of the molecule is [C-]#[N+]c1ccc(C2(COCc3cc(-c4ccc(C#N)cc4)cc(C(F)(F)F)c3)CCN(C)CC2)cc1. The minimum atomic E-state index is -4.49. The molecule has 0 bridgehead atoms. The van der Waals surface area contributed by atoms with Crippen molar-refractivity contribution in [1.29, 1.82) is 5.26 Å². The van der Waals surface area contributed by atoms with Gasteiger partial charge >= 0.3 is 6.18 Å². The zero-order valence-electron chi connectivity index (χ0n) is 20.0. The third kappa shape index (κ3) is 5.76. The molecule has 36 heavy (non-hydrogen) atoms. The molecule has 0 spiro atoms. The number of halogens is 3. The van der Waals surface area contributed by atoms with E-state index in [1.807, 2.05) is 18.2 Å². The van der Waals surface area contributed by atoms with Crippen molar-refractivity contribution in [2.24, 2.45) is 0 Å². The summed E-state index contributed by atoms with van der Waals surface area (Å²) >= 11 is 0. The lowest BCUT2D eigenvalue weighted by Gasteiger charge is -2.41. The normalized spacial score (nSPS) is 15.7. The monoisotopic (exact) mass is 489 g/mol. The van der Waals surface area contributed by atoms with Gasteiger partial charge in [0.15, 0.2) is 5.69 Å². The predicted molar refractivity (Wildman–Crippen MR) is 132 cm³/mol. The lowest BCUT2D eigenvalue weighted by atomic mass is 9.73. The molecule has 1 aliphatic rings. The van der Waals surface area contributed by atoms with Crippen molar-refractivity contribution < 1.29 is 17.9 Å². The highest BCUT2D eigenvalue weighted by Crippen LogP contribution is 2.38. The number of alkyl halides is 3. The number of nitrogens with zero attached hydrogens (tertiary/aromatic N) is 3. The topological polar surface area (TPSA) is 40.6 Å². The van der Waals surface area contributed by atoms with Crippen molar-refractivity contribution in [3.8, 4) is 17.2 Å². The zero-order valence-corrected chi connectivity index (χ0v) is 20.0. The summed E-state index contributed by atoms with van der Waals surface area (Å²) in [5.74, 6) is 0. The van der Waals surface area contributed by atoms with Crippen LogP contribution in [0, 0.1) is 17.9 Å². The van der Waals surface area contributed by atoms with E-state index in [9.17, 15) is 13.2 Å². The second kappa shape index (κ2) is 10.5. The fraction of sp³-hybridized carbons (Fsp3) is 0.310. The van der Waals surface area contributed by atoms with E-state index in [-0.39, 0.29) is 12.0 Å². The molecule has 0 radical (unpaired) electrons. The van der Waals surface area contributed by atoms with Gasteiger partial charge in [-0.25, -0.2) is 4.85 Å². The molecule has 1 saturated heterocycles. The molecule has 4 nitrogen and oxygen atoms in total. The highest BCUT2D eigenvalue weighted by Gasteiger charge is 2.36. The minimum absolute atomic E-state index is 0.0466. The Morgan fingerprint density at radius 1 is 1.00 bits per heavy atom. The van der Waals surface area contributed by atoms with Crippen LogP contribution in [0.25, 0.3) is 16.0 Å². The van der Waals surface area contributed by atoms with Crippen molar-refractivity contribution in [2.75, 3.05) is 26.7 Å². The van der Waals surface area contributed by atoms with Crippen LogP contribution in [0.15, 0.2) is 66.7 Å². The molecule has 1 aliphatic heterocycles. The summed E-state index contributed by atoms with van der Waals surface area (Å²) in [4.78, 5) is 5.72. The largest absolute Gasteiger partial charge is 0.416 e. The second-order valence-electron chi connectivity index (χ2n) is 9.34. The Labute approximate surface area is 209 Å². The third-order valence-electron chi connectivity index (χ3n) is 6.87. The summed E-state index contributed by atoms with van der Waals surface area (Å²) in [6, 6.07) is 20.0. The van der Waals surface area contributed by atoms with E-state index in [1.54, 1.807) is 42.5 Å². The van der Waals surface area contributed by atoms with E-state index in [0.29, 0.717) is 34.5 Å². The lowest BCUT2D eigenvalue weighted by Crippen LogP contribution is -2.43. The quantitative estimate of drug-likeness (QED) is 0.351. The summed E-state index contributed by atoms with van der Waals surface area (Å²) in [5.41, 5.74) is 2.59. The molecule has 0 amide bonds. The predicted octanol–water partition coefficient (Wildman–Crippen LogP) is 6.98. The first kappa shape index (κ1) is 25.4. The van der Waals surface area contributed by atoms with Gasteiger partial charge in [-0.2, -0.15) is 18.4 Å². The third-order valence-corrected chi connectivity index (χ3v) is 6.87. The summed E-state index contributed by atoms with van der Waals surface area (Å²) in [5, 5.41) is 9.01. The van der Waals surface area contributed by atoms with Gasteiger partial charge in [-0.1, -0.05) is 36.4 Å². The number of rotatable bonds is 6. The number of hydrogen-bond donors (Lipinski definition) is 0. The molecular formula is C29H26F3N3O. The zero-order chi connectivity index (χ0) is 25.8. The van der Waals surface area contributed by atoms with Gasteiger partial charge in [-0.15, -0.1) is 0 Å². The van der Waals surface area contributed by atoms with Crippen molar-refractivity contribution in [2.45, 2.75) is 31.0 Å². The molecule has 0 aromatic heterocycles. The summed E-state index contributed by atoms with van der Waals surface area (Å²) < 4.78 is 47.1. The maximum absolute atomic E-state index is 13.7. The standard InChI is InChI=1S/C29H26F3N3O/c1-34-27-9-7-25(8-10-27)28(11-13-35(2)14-12-28)20-36-19-22-15-24(17-26(16-22)29(30,31)32)23-5-3-21(18-33)4-6-23/h3-10,15-17H,11-14,19-20H2,2H3. The Balaban J connectivity index is 1.58. The Morgan fingerprint density at radius 3 is 2.25 bits per heavy atom. The molecule has 1 fully saturated rings. The smallest absolute Gasteiger partial charge is 0.376 e. The second-order valence-corrected chi connectivity index (χ2v) is 9.34. The first-order chi connectivity index (χ1) is 17.2. The van der Waals surface area contributed by atoms with Gasteiger partial charge < -0.3 is 9.64 Å². The van der Waals surface area contributed by atoms with Gasteiger partial charge in [-0.05, 0) is 85.6 Å². The molecule has 3 aromatic carbocycles. The Hall–Kier alpha value is -3.65. The van der Waals surface area contributed by atoms with Crippen LogP contribution in [-0.4, -0.2) is 31.6 Å². The molecule has 0 atom stereocenters. The van der Waals surface area contributed by atoms with Gasteiger partial charge in [0, 0.05) is 5.41 Å². The maximum Gasteiger partial charge on any atom is 0.416 e. The molecule has 3 aromatic rings. The molecule has 0 N–H and O–H groups in total. The fourth-order valence-corrected chi connectivity index (χ4v) is 4.66. The van der Waals surface area contributed by atoms with Crippen LogP contribution in [-0.2, 0) is 22.9 Å². The van der Waals surface area contributed by atoms with E-state index in [4.69, 9.17) is 16.6 Å². The molecule has 0 aliphatic carbocycles. The Morgan fingerprint density at radius 2 is 1.67 bits per heavy atom. The maximum atomic E-state index is 13.7. The van der Waals surface area contributed by atoms with E-state index in [1.165, 1.54) is 0 Å². The molecule has 184 valence electrons. The summed E-state index contributed by atoms with van der Waals surface area (Å²) in [6.45, 7) is 9.40. The number of hydrogen-bond acceptors (Lipinski definition) is 3. The fourth-order valence-electron chi connectivity index (χ4n) is 4.66. The molecule has 0 saturated carbocycles. The van der Waals surface area contributed by atoms with Crippen molar-refractivity contribution in [1.82, 2.24) is 4.90 Å². The average molecular weight is 490 g/mol. The first-order valence-corrected chi connectivity index (χ1v) is 11.7. The molecule has 1 heterocycles. The number of piperidine rings is 1. The summed E-state index contributed by atoms with van der Waals surface area (Å²) in [7, 11) is 2.07. The van der Waals surface area contributed by atoms with Crippen LogP contribution in [0.2, 0.25) is 0 Å². The van der Waals surface area contributed by atoms with Crippen molar-refractivity contribution in [3.63, 3.8) is 0 Å². The Bertz CT molecular complexity index is 1280. The van der Waals surface area contributed by atoms with Gasteiger partial charge in [0.25, 0.3) is 0 Å². The van der Waals surface area contributed by atoms with E-state index in [0.717, 1.165) is 43.6 Å².